The van der Waals surface area contributed by atoms with Gasteiger partial charge in [-0.25, -0.2) is 12.8 Å². The van der Waals surface area contributed by atoms with Crippen molar-refractivity contribution < 1.29 is 12.8 Å². The molecular formula is C15H17FN2O2S. The summed E-state index contributed by atoms with van der Waals surface area (Å²) in [6.07, 6.45) is 0. The molecule has 0 aliphatic heterocycles. The van der Waals surface area contributed by atoms with Gasteiger partial charge in [0.1, 0.15) is 5.82 Å². The molecule has 0 heterocycles. The highest BCUT2D eigenvalue weighted by Gasteiger charge is 2.18. The molecule has 2 aromatic rings. The van der Waals surface area contributed by atoms with Crippen molar-refractivity contribution in [1.82, 2.24) is 0 Å². The summed E-state index contributed by atoms with van der Waals surface area (Å²) in [7, 11) is -3.73. The molecule has 0 spiro atoms. The fourth-order valence-electron chi connectivity index (χ4n) is 2.11. The third-order valence-electron chi connectivity index (χ3n) is 3.24. The number of rotatable bonds is 4. The number of nitrogens with two attached hydrogens (primary N) is 1. The average molecular weight is 308 g/mol. The van der Waals surface area contributed by atoms with Gasteiger partial charge in [0, 0.05) is 12.2 Å². The van der Waals surface area contributed by atoms with Gasteiger partial charge in [-0.05, 0) is 60.9 Å². The molecule has 0 aliphatic carbocycles. The third-order valence-corrected chi connectivity index (χ3v) is 4.76. The number of aryl methyl sites for hydroxylation is 2. The van der Waals surface area contributed by atoms with Crippen LogP contribution < -0.4 is 10.5 Å². The first kappa shape index (κ1) is 15.5. The van der Waals surface area contributed by atoms with E-state index in [1.165, 1.54) is 24.3 Å². The third kappa shape index (κ3) is 3.40. The molecule has 0 unspecified atom stereocenters. The maximum Gasteiger partial charge on any atom is 0.262 e. The summed E-state index contributed by atoms with van der Waals surface area (Å²) in [4.78, 5) is 0.179. The standard InChI is InChI=1S/C15H17FN2O2S/c1-10-7-11(2)15(8-12(10)9-17)21(19,20)18-14-5-3-13(16)4-6-14/h3-8,18H,9,17H2,1-2H3. The van der Waals surface area contributed by atoms with E-state index in [0.29, 0.717) is 11.3 Å². The van der Waals surface area contributed by atoms with Gasteiger partial charge in [0.2, 0.25) is 0 Å². The molecule has 0 aromatic heterocycles. The van der Waals surface area contributed by atoms with E-state index < -0.39 is 15.8 Å². The number of benzene rings is 2. The largest absolute Gasteiger partial charge is 0.326 e. The Labute approximate surface area is 123 Å². The Morgan fingerprint density at radius 1 is 1.10 bits per heavy atom. The molecule has 0 atom stereocenters. The Morgan fingerprint density at radius 3 is 2.29 bits per heavy atom. The van der Waals surface area contributed by atoms with Crippen molar-refractivity contribution >= 4 is 15.7 Å². The minimum Gasteiger partial charge on any atom is -0.326 e. The lowest BCUT2D eigenvalue weighted by Crippen LogP contribution is -2.15. The van der Waals surface area contributed by atoms with Crippen molar-refractivity contribution in [1.29, 1.82) is 0 Å². The molecule has 6 heteroatoms. The van der Waals surface area contributed by atoms with Crippen LogP contribution in [0.15, 0.2) is 41.3 Å². The summed E-state index contributed by atoms with van der Waals surface area (Å²) in [6.45, 7) is 3.89. The fourth-order valence-corrected chi connectivity index (χ4v) is 3.45. The summed E-state index contributed by atoms with van der Waals surface area (Å²) in [6, 6.07) is 8.52. The molecule has 0 saturated heterocycles. The number of hydrogen-bond donors (Lipinski definition) is 2. The van der Waals surface area contributed by atoms with Gasteiger partial charge in [-0.1, -0.05) is 6.07 Å². The summed E-state index contributed by atoms with van der Waals surface area (Å²) in [5, 5.41) is 0. The minimum absolute atomic E-state index is 0.179. The van der Waals surface area contributed by atoms with E-state index in [1.807, 2.05) is 6.92 Å². The topological polar surface area (TPSA) is 72.2 Å². The molecule has 0 amide bonds. The fraction of sp³-hybridized carbons (Fsp3) is 0.200. The zero-order valence-corrected chi connectivity index (χ0v) is 12.7. The quantitative estimate of drug-likeness (QED) is 0.912. The van der Waals surface area contributed by atoms with Gasteiger partial charge in [-0.3, -0.25) is 4.72 Å². The van der Waals surface area contributed by atoms with Crippen LogP contribution in [-0.2, 0) is 16.6 Å². The zero-order valence-electron chi connectivity index (χ0n) is 11.9. The van der Waals surface area contributed by atoms with Crippen molar-refractivity contribution in [2.24, 2.45) is 5.73 Å². The van der Waals surface area contributed by atoms with E-state index in [0.717, 1.165) is 11.1 Å². The van der Waals surface area contributed by atoms with E-state index in [1.54, 1.807) is 19.1 Å². The molecule has 0 bridgehead atoms. The maximum absolute atomic E-state index is 12.9. The van der Waals surface area contributed by atoms with Gasteiger partial charge in [0.15, 0.2) is 0 Å². The first-order chi connectivity index (χ1) is 9.83. The van der Waals surface area contributed by atoms with Crippen LogP contribution in [-0.4, -0.2) is 8.42 Å². The van der Waals surface area contributed by atoms with Gasteiger partial charge >= 0.3 is 0 Å². The molecule has 0 saturated carbocycles. The van der Waals surface area contributed by atoms with Crippen LogP contribution in [0.3, 0.4) is 0 Å². The summed E-state index contributed by atoms with van der Waals surface area (Å²) in [5.41, 5.74) is 8.31. The zero-order chi connectivity index (χ0) is 15.6. The lowest BCUT2D eigenvalue weighted by atomic mass is 10.1. The molecule has 3 N–H and O–H groups in total. The van der Waals surface area contributed by atoms with Gasteiger partial charge < -0.3 is 5.73 Å². The maximum atomic E-state index is 12.9. The lowest BCUT2D eigenvalue weighted by Gasteiger charge is -2.13. The van der Waals surface area contributed by atoms with Crippen molar-refractivity contribution in [2.45, 2.75) is 25.3 Å². The predicted molar refractivity (Wildman–Crippen MR) is 81.0 cm³/mol. The predicted octanol–water partition coefficient (Wildman–Crippen LogP) is 2.70. The molecule has 2 aromatic carbocycles. The van der Waals surface area contributed by atoms with E-state index >= 15 is 0 Å². The molecule has 112 valence electrons. The number of anilines is 1. The average Bonchev–Trinajstić information content (AvgIpc) is 2.41. The molecule has 4 nitrogen and oxygen atoms in total. The van der Waals surface area contributed by atoms with Crippen molar-refractivity contribution in [3.05, 3.63) is 58.9 Å². The first-order valence-corrected chi connectivity index (χ1v) is 7.90. The van der Waals surface area contributed by atoms with Gasteiger partial charge in [0.25, 0.3) is 10.0 Å². The van der Waals surface area contributed by atoms with Crippen LogP contribution in [0.4, 0.5) is 10.1 Å². The Bertz CT molecular complexity index is 756. The van der Waals surface area contributed by atoms with Gasteiger partial charge in [-0.15, -0.1) is 0 Å². The van der Waals surface area contributed by atoms with Crippen LogP contribution in [0.2, 0.25) is 0 Å². The molecule has 21 heavy (non-hydrogen) atoms. The van der Waals surface area contributed by atoms with Crippen LogP contribution in [0, 0.1) is 19.7 Å². The van der Waals surface area contributed by atoms with E-state index in [4.69, 9.17) is 5.73 Å². The molecule has 0 aliphatic rings. The number of nitrogens with one attached hydrogen (secondary N) is 1. The Hall–Kier alpha value is -1.92. The second kappa shape index (κ2) is 5.83. The van der Waals surface area contributed by atoms with Crippen LogP contribution >= 0.6 is 0 Å². The molecule has 0 radical (unpaired) electrons. The van der Waals surface area contributed by atoms with Gasteiger partial charge in [-0.2, -0.15) is 0 Å². The summed E-state index contributed by atoms with van der Waals surface area (Å²) < 4.78 is 40.2. The van der Waals surface area contributed by atoms with Crippen LogP contribution in [0.25, 0.3) is 0 Å². The monoisotopic (exact) mass is 308 g/mol. The number of hydrogen-bond acceptors (Lipinski definition) is 3. The van der Waals surface area contributed by atoms with E-state index in [2.05, 4.69) is 4.72 Å². The van der Waals surface area contributed by atoms with E-state index in [9.17, 15) is 12.8 Å². The highest BCUT2D eigenvalue weighted by Crippen LogP contribution is 2.23. The van der Waals surface area contributed by atoms with Gasteiger partial charge in [0.05, 0.1) is 4.90 Å². The highest BCUT2D eigenvalue weighted by atomic mass is 32.2. The summed E-state index contributed by atoms with van der Waals surface area (Å²) >= 11 is 0. The van der Waals surface area contributed by atoms with E-state index in [-0.39, 0.29) is 11.4 Å². The molecular weight excluding hydrogens is 291 g/mol. The second-order valence-corrected chi connectivity index (χ2v) is 6.51. The van der Waals surface area contributed by atoms with Crippen LogP contribution in [0.5, 0.6) is 0 Å². The van der Waals surface area contributed by atoms with Crippen LogP contribution in [0.1, 0.15) is 16.7 Å². The van der Waals surface area contributed by atoms with Crippen molar-refractivity contribution in [2.75, 3.05) is 4.72 Å². The number of halogens is 1. The lowest BCUT2D eigenvalue weighted by molar-refractivity contribution is 0.600. The van der Waals surface area contributed by atoms with Crippen molar-refractivity contribution in [3.8, 4) is 0 Å². The SMILES string of the molecule is Cc1cc(C)c(S(=O)(=O)Nc2ccc(F)cc2)cc1CN. The Balaban J connectivity index is 2.42. The first-order valence-electron chi connectivity index (χ1n) is 6.42. The Morgan fingerprint density at radius 2 is 1.71 bits per heavy atom. The molecule has 0 fully saturated rings. The number of sulfonamides is 1. The van der Waals surface area contributed by atoms with Crippen molar-refractivity contribution in [3.63, 3.8) is 0 Å². The summed E-state index contributed by atoms with van der Waals surface area (Å²) in [5.74, 6) is -0.421. The molecule has 2 rings (SSSR count). The Kier molecular flexibility index (Phi) is 4.29. The minimum atomic E-state index is -3.73. The highest BCUT2D eigenvalue weighted by molar-refractivity contribution is 7.92. The second-order valence-electron chi connectivity index (χ2n) is 4.86. The normalized spacial score (nSPS) is 11.4. The smallest absolute Gasteiger partial charge is 0.262 e.